The lowest BCUT2D eigenvalue weighted by Gasteiger charge is -2.23. The van der Waals surface area contributed by atoms with Gasteiger partial charge in [-0.2, -0.15) is 0 Å². The predicted molar refractivity (Wildman–Crippen MR) is 246 cm³/mol. The smallest absolute Gasteiger partial charge is 0.320 e. The van der Waals surface area contributed by atoms with E-state index in [1.54, 1.807) is 0 Å². The van der Waals surface area contributed by atoms with E-state index in [0.29, 0.717) is 38.8 Å². The Kier molecular flexibility index (Phi) is 79.0. The first-order valence-electron chi connectivity index (χ1n) is 19.0. The molecule has 0 aliphatic rings. The highest BCUT2D eigenvalue weighted by molar-refractivity contribution is 6.24. The molecule has 0 spiro atoms. The van der Waals surface area contributed by atoms with E-state index in [2.05, 4.69) is 10.7 Å². The lowest BCUT2D eigenvalue weighted by Crippen LogP contribution is -2.43. The summed E-state index contributed by atoms with van der Waals surface area (Å²) in [7, 11) is 0. The van der Waals surface area contributed by atoms with E-state index in [-0.39, 0.29) is 44.3 Å². The Balaban J connectivity index is -0.0000000790. The zero-order valence-corrected chi connectivity index (χ0v) is 40.0. The molecule has 0 radical (unpaired) electrons. The van der Waals surface area contributed by atoms with E-state index in [0.717, 1.165) is 37.5 Å². The van der Waals surface area contributed by atoms with Crippen molar-refractivity contribution < 1.29 is 124 Å². The molecule has 35 nitrogen and oxygen atoms in total. The topological polar surface area (TPSA) is 666 Å². The normalized spacial score (nSPS) is 9.52. The molecule has 418 valence electrons. The molecule has 71 heavy (non-hydrogen) atoms. The molecule has 0 unspecified atom stereocenters. The van der Waals surface area contributed by atoms with E-state index in [4.69, 9.17) is 131 Å². The number of nitrogens with two attached hydrogens (primary N) is 7. The molecule has 0 aromatic carbocycles. The maximum Gasteiger partial charge on any atom is 0.320 e. The van der Waals surface area contributed by atoms with Gasteiger partial charge >= 0.3 is 47.8 Å². The molecule has 0 saturated carbocycles. The van der Waals surface area contributed by atoms with Gasteiger partial charge in [0.2, 0.25) is 0 Å². The predicted octanol–water partition coefficient (Wildman–Crippen LogP) is -5.64. The van der Waals surface area contributed by atoms with Crippen LogP contribution in [0.25, 0.3) is 0 Å². The molecule has 0 aliphatic heterocycles. The number of alkyl halides is 1. The maximum atomic E-state index is 10.6. The molecular formula is C35H71ClN10O25. The van der Waals surface area contributed by atoms with Crippen molar-refractivity contribution in [2.45, 2.75) is 65.5 Å². The van der Waals surface area contributed by atoms with Crippen LogP contribution in [0.15, 0.2) is 4.99 Å². The minimum absolute atomic E-state index is 0.0129. The van der Waals surface area contributed by atoms with Gasteiger partial charge in [0.15, 0.2) is 5.96 Å². The van der Waals surface area contributed by atoms with Crippen LogP contribution in [-0.4, -0.2) is 238 Å². The fourth-order valence-corrected chi connectivity index (χ4v) is 2.52. The van der Waals surface area contributed by atoms with Crippen molar-refractivity contribution in [1.29, 1.82) is 0 Å². The number of halogens is 1. The van der Waals surface area contributed by atoms with Gasteiger partial charge in [-0.05, 0) is 19.3 Å². The molecule has 0 aliphatic carbocycles. The molecule has 36 heteroatoms. The third-order valence-corrected chi connectivity index (χ3v) is 4.97. The number of rotatable bonds is 23. The Morgan fingerprint density at radius 2 is 0.746 bits per heavy atom. The summed E-state index contributed by atoms with van der Waals surface area (Å²) in [4.78, 5) is 132. The monoisotopic (exact) mass is 1070 g/mol. The molecule has 0 rings (SSSR count). The van der Waals surface area contributed by atoms with Crippen molar-refractivity contribution in [3.8, 4) is 0 Å². The molecule has 2 atom stereocenters. The van der Waals surface area contributed by atoms with Gasteiger partial charge in [0, 0.05) is 66.8 Å². The average molecular weight is 1070 g/mol. The zero-order chi connectivity index (χ0) is 58.8. The van der Waals surface area contributed by atoms with Crippen LogP contribution >= 0.6 is 11.6 Å². The molecule has 0 saturated heterocycles. The number of aliphatic carboxylic acids is 12. The van der Waals surface area contributed by atoms with Gasteiger partial charge < -0.3 is 106 Å². The fraction of sp³-hybridized carbons (Fsp3) is 0.600. The third kappa shape index (κ3) is 163. The summed E-state index contributed by atoms with van der Waals surface area (Å²) in [6, 6.07) is -1.88. The highest BCUT2D eigenvalue weighted by Gasteiger charge is 2.18. The lowest BCUT2D eigenvalue weighted by atomic mass is 10.2. The lowest BCUT2D eigenvalue weighted by molar-refractivity contribution is -0.145. The van der Waals surface area contributed by atoms with E-state index in [9.17, 15) is 38.4 Å². The van der Waals surface area contributed by atoms with Crippen LogP contribution in [0, 0.1) is 0 Å². The van der Waals surface area contributed by atoms with E-state index >= 15 is 0 Å². The van der Waals surface area contributed by atoms with E-state index in [1.165, 1.54) is 0 Å². The highest BCUT2D eigenvalue weighted by atomic mass is 35.5. The SMILES string of the molecule is CC(=O)O.CC(=O)O.CC(=O)O.CC(=O)O.NC(N)=NCCC[C@H](N)C(=O)O.NCC(=O)O.NCCN.N[C@@H](CCC(=O)O)C(=O)O.O=C(O)CN(CCN(CC(=O)O)CC(=O)O)CC(=O)O.O=CCCl. The third-order valence-electron chi connectivity index (χ3n) is 4.84. The van der Waals surface area contributed by atoms with Gasteiger partial charge in [0.25, 0.3) is 23.9 Å². The van der Waals surface area contributed by atoms with Crippen LogP contribution in [-0.2, 0) is 62.3 Å². The summed E-state index contributed by atoms with van der Waals surface area (Å²) in [5, 5.41) is 96.4. The maximum absolute atomic E-state index is 10.6. The number of hydrogen-bond acceptors (Lipinski definition) is 21. The second-order valence-corrected chi connectivity index (χ2v) is 12.1. The minimum Gasteiger partial charge on any atom is -0.481 e. The summed E-state index contributed by atoms with van der Waals surface area (Å²) in [6.07, 6.45) is 1.37. The van der Waals surface area contributed by atoms with Crippen LogP contribution in [0.1, 0.15) is 53.4 Å². The van der Waals surface area contributed by atoms with Crippen molar-refractivity contribution in [3.63, 3.8) is 0 Å². The first-order chi connectivity index (χ1) is 32.3. The Hall–Kier alpha value is -7.41. The molecule has 0 heterocycles. The molecule has 0 fully saturated rings. The van der Waals surface area contributed by atoms with E-state index < -0.39 is 110 Å². The quantitative estimate of drug-likeness (QED) is 0.0149. The Morgan fingerprint density at radius 1 is 0.507 bits per heavy atom. The highest BCUT2D eigenvalue weighted by Crippen LogP contribution is 1.96. The molecule has 0 bridgehead atoms. The number of aliphatic imine (C=N–C) groups is 1. The van der Waals surface area contributed by atoms with Crippen LogP contribution in [0.4, 0.5) is 0 Å². The van der Waals surface area contributed by atoms with Crippen LogP contribution in [0.5, 0.6) is 0 Å². The Morgan fingerprint density at radius 3 is 0.901 bits per heavy atom. The number of hydrogen-bond donors (Lipinski definition) is 19. The molecule has 0 aromatic rings. The van der Waals surface area contributed by atoms with Crippen molar-refractivity contribution in [3.05, 3.63) is 0 Å². The number of carboxylic acids is 12. The van der Waals surface area contributed by atoms with Crippen molar-refractivity contribution in [2.75, 3.05) is 71.3 Å². The fourth-order valence-electron chi connectivity index (χ4n) is 2.52. The Bertz CT molecular complexity index is 1410. The van der Waals surface area contributed by atoms with Gasteiger partial charge in [-0.1, -0.05) is 0 Å². The number of nitrogens with zero attached hydrogens (tertiary/aromatic N) is 3. The zero-order valence-electron chi connectivity index (χ0n) is 39.3. The number of guanidine groups is 1. The van der Waals surface area contributed by atoms with Gasteiger partial charge in [0.1, 0.15) is 18.4 Å². The molecule has 26 N–H and O–H groups in total. The summed E-state index contributed by atoms with van der Waals surface area (Å²) >= 11 is 4.82. The largest absolute Gasteiger partial charge is 0.481 e. The first kappa shape index (κ1) is 86.7. The number of carbonyl (C=O) groups excluding carboxylic acids is 1. The van der Waals surface area contributed by atoms with Gasteiger partial charge in [-0.3, -0.25) is 72.3 Å². The summed E-state index contributed by atoms with van der Waals surface area (Å²) in [5.74, 6) is -12.3. The number of aldehydes is 1. The number of carbonyl (C=O) groups is 13. The van der Waals surface area contributed by atoms with Crippen molar-refractivity contribution >= 4 is 95.5 Å². The van der Waals surface area contributed by atoms with Gasteiger partial charge in [-0.15, -0.1) is 11.6 Å². The van der Waals surface area contributed by atoms with Crippen LogP contribution < -0.4 is 40.1 Å². The van der Waals surface area contributed by atoms with Crippen LogP contribution in [0.3, 0.4) is 0 Å². The summed E-state index contributed by atoms with van der Waals surface area (Å²) in [5.41, 5.74) is 34.7. The van der Waals surface area contributed by atoms with Gasteiger partial charge in [-0.25, -0.2) is 0 Å². The van der Waals surface area contributed by atoms with E-state index in [1.807, 2.05) is 0 Å². The average Bonchev–Trinajstić information content (AvgIpc) is 3.19. The second kappa shape index (κ2) is 64.7. The summed E-state index contributed by atoms with van der Waals surface area (Å²) in [6.45, 7) is 3.42. The Labute approximate surface area is 410 Å². The summed E-state index contributed by atoms with van der Waals surface area (Å²) < 4.78 is 0. The molecule has 0 aromatic heterocycles. The van der Waals surface area contributed by atoms with Crippen LogP contribution in [0.2, 0.25) is 0 Å². The second-order valence-electron chi connectivity index (χ2n) is 11.8. The molecule has 0 amide bonds. The van der Waals surface area contributed by atoms with Crippen molar-refractivity contribution in [2.24, 2.45) is 45.1 Å². The number of carboxylic acid groups (broad SMARTS) is 12. The minimum atomic E-state index is -1.23. The molecular weight excluding hydrogens is 996 g/mol. The standard InChI is InChI=1S/C10H16N2O8.C6H14N4O2.C5H9NO4.C2H3ClO.C2H8N2.C2H5NO2.4C2H4O2/c13-7(14)3-11(4-8(15)16)1-2-12(5-9(17)18)6-10(19)20;7-4(5(11)12)2-1-3-10-6(8)9;6-3(5(9)10)1-2-4(7)8;2*3-1-2-4;3-1-2(4)5;4*1-2(3)4/h1-6H2,(H,13,14)(H,15,16)(H,17,18)(H,19,20);4H,1-3,7H2,(H,11,12)(H4,8,9,10);3H,1-2,6H2,(H,7,8)(H,9,10);2H,1H2;1-4H2;1,3H2,(H,4,5);4*1H3,(H,3,4)/t;4-;3-;;;;;;;/m.00......./s1. The van der Waals surface area contributed by atoms with Gasteiger partial charge in [0.05, 0.1) is 38.6 Å². The van der Waals surface area contributed by atoms with Crippen molar-refractivity contribution in [1.82, 2.24) is 9.80 Å². The first-order valence-corrected chi connectivity index (χ1v) is 19.5.